The summed E-state index contributed by atoms with van der Waals surface area (Å²) >= 11 is 0. The number of carbonyl (C=O) groups is 2. The molecule has 1 atom stereocenters. The molecule has 1 aromatic rings. The fourth-order valence-electron chi connectivity index (χ4n) is 1.41. The molecule has 2 amide bonds. The van der Waals surface area contributed by atoms with Gasteiger partial charge in [0.2, 0.25) is 0 Å². The maximum absolute atomic E-state index is 11.7. The molecule has 0 aromatic carbocycles. The van der Waals surface area contributed by atoms with E-state index < -0.39 is 18.0 Å². The van der Waals surface area contributed by atoms with E-state index in [0.717, 1.165) is 5.56 Å². The highest BCUT2D eigenvalue weighted by Gasteiger charge is 2.23. The molecule has 6 heteroatoms. The van der Waals surface area contributed by atoms with E-state index >= 15 is 0 Å². The summed E-state index contributed by atoms with van der Waals surface area (Å²) in [5.74, 6) is -1.24. The molecule has 0 aliphatic heterocycles. The van der Waals surface area contributed by atoms with Crippen LogP contribution in [0.1, 0.15) is 19.4 Å². The fourth-order valence-corrected chi connectivity index (χ4v) is 1.41. The van der Waals surface area contributed by atoms with Crippen molar-refractivity contribution < 1.29 is 14.7 Å². The Bertz CT molecular complexity index is 446. The van der Waals surface area contributed by atoms with Gasteiger partial charge in [0.25, 0.3) is 0 Å². The van der Waals surface area contributed by atoms with Crippen molar-refractivity contribution >= 4 is 17.7 Å². The van der Waals surface area contributed by atoms with Crippen LogP contribution in [0, 0.1) is 12.8 Å². The number of anilines is 1. The third-order valence-electron chi connectivity index (χ3n) is 2.51. The van der Waals surface area contributed by atoms with Crippen LogP contribution in [0.15, 0.2) is 18.5 Å². The molecule has 0 bridgehead atoms. The Morgan fingerprint density at radius 1 is 1.39 bits per heavy atom. The zero-order chi connectivity index (χ0) is 13.7. The average molecular weight is 251 g/mol. The van der Waals surface area contributed by atoms with Crippen molar-refractivity contribution in [3.8, 4) is 0 Å². The van der Waals surface area contributed by atoms with Crippen molar-refractivity contribution in [1.29, 1.82) is 0 Å². The highest BCUT2D eigenvalue weighted by molar-refractivity contribution is 5.92. The number of carbonyl (C=O) groups excluding carboxylic acids is 1. The summed E-state index contributed by atoms with van der Waals surface area (Å²) < 4.78 is 0. The lowest BCUT2D eigenvalue weighted by Crippen LogP contribution is -2.46. The minimum absolute atomic E-state index is 0.191. The lowest BCUT2D eigenvalue weighted by atomic mass is 10.1. The van der Waals surface area contributed by atoms with E-state index in [1.165, 1.54) is 6.20 Å². The van der Waals surface area contributed by atoms with E-state index in [9.17, 15) is 9.59 Å². The quantitative estimate of drug-likeness (QED) is 0.758. The third-order valence-corrected chi connectivity index (χ3v) is 2.51. The normalized spacial score (nSPS) is 12.0. The summed E-state index contributed by atoms with van der Waals surface area (Å²) in [7, 11) is 0. The minimum atomic E-state index is -1.05. The number of hydrogen-bond donors (Lipinski definition) is 3. The van der Waals surface area contributed by atoms with Gasteiger partial charge in [-0.05, 0) is 24.5 Å². The SMILES string of the molecule is Cc1ccncc1NC(=O)N[C@H](C(=O)O)C(C)C. The topological polar surface area (TPSA) is 91.3 Å². The van der Waals surface area contributed by atoms with Crippen molar-refractivity contribution in [2.45, 2.75) is 26.8 Å². The van der Waals surface area contributed by atoms with Crippen LogP contribution in [-0.4, -0.2) is 28.1 Å². The Labute approximate surface area is 105 Å². The molecule has 0 spiro atoms. The maximum Gasteiger partial charge on any atom is 0.326 e. The number of rotatable bonds is 4. The monoisotopic (exact) mass is 251 g/mol. The second kappa shape index (κ2) is 6.00. The van der Waals surface area contributed by atoms with Gasteiger partial charge in [0.05, 0.1) is 11.9 Å². The molecule has 0 saturated heterocycles. The summed E-state index contributed by atoms with van der Waals surface area (Å²) in [6.07, 6.45) is 3.13. The lowest BCUT2D eigenvalue weighted by molar-refractivity contribution is -0.140. The number of pyridine rings is 1. The third kappa shape index (κ3) is 3.73. The molecule has 1 aromatic heterocycles. The van der Waals surface area contributed by atoms with E-state index in [1.54, 1.807) is 26.1 Å². The summed E-state index contributed by atoms with van der Waals surface area (Å²) in [6, 6.07) is 0.293. The summed E-state index contributed by atoms with van der Waals surface area (Å²) in [6.45, 7) is 5.29. The number of aliphatic carboxylic acids is 1. The first kappa shape index (κ1) is 14.0. The van der Waals surface area contributed by atoms with Gasteiger partial charge in [0, 0.05) is 6.20 Å². The first-order valence-corrected chi connectivity index (χ1v) is 5.62. The molecule has 18 heavy (non-hydrogen) atoms. The van der Waals surface area contributed by atoms with Crippen LogP contribution >= 0.6 is 0 Å². The summed E-state index contributed by atoms with van der Waals surface area (Å²) in [4.78, 5) is 26.5. The molecule has 0 saturated carbocycles. The molecule has 98 valence electrons. The van der Waals surface area contributed by atoms with Crippen LogP contribution in [0.3, 0.4) is 0 Å². The van der Waals surface area contributed by atoms with Gasteiger partial charge in [-0.3, -0.25) is 4.98 Å². The molecule has 0 fully saturated rings. The number of amides is 2. The Morgan fingerprint density at radius 3 is 2.56 bits per heavy atom. The van der Waals surface area contributed by atoms with Gasteiger partial charge in [0.15, 0.2) is 0 Å². The van der Waals surface area contributed by atoms with Crippen molar-refractivity contribution in [2.75, 3.05) is 5.32 Å². The molecule has 1 heterocycles. The molecule has 3 N–H and O–H groups in total. The summed E-state index contributed by atoms with van der Waals surface area (Å²) in [5.41, 5.74) is 1.42. The average Bonchev–Trinajstić information content (AvgIpc) is 2.28. The molecule has 0 unspecified atom stereocenters. The maximum atomic E-state index is 11.7. The summed E-state index contributed by atoms with van der Waals surface area (Å²) in [5, 5.41) is 13.9. The largest absolute Gasteiger partial charge is 0.480 e. The highest BCUT2D eigenvalue weighted by atomic mass is 16.4. The number of carboxylic acids is 1. The van der Waals surface area contributed by atoms with Gasteiger partial charge >= 0.3 is 12.0 Å². The Balaban J connectivity index is 2.67. The number of nitrogens with zero attached hydrogens (tertiary/aromatic N) is 1. The smallest absolute Gasteiger partial charge is 0.326 e. The Morgan fingerprint density at radius 2 is 2.06 bits per heavy atom. The molecular weight excluding hydrogens is 234 g/mol. The highest BCUT2D eigenvalue weighted by Crippen LogP contribution is 2.11. The van der Waals surface area contributed by atoms with Gasteiger partial charge in [-0.25, -0.2) is 9.59 Å². The number of hydrogen-bond acceptors (Lipinski definition) is 3. The van der Waals surface area contributed by atoms with E-state index in [-0.39, 0.29) is 5.92 Å². The first-order chi connectivity index (χ1) is 8.41. The van der Waals surface area contributed by atoms with Crippen molar-refractivity contribution in [3.63, 3.8) is 0 Å². The molecule has 6 nitrogen and oxygen atoms in total. The van der Waals surface area contributed by atoms with E-state index in [1.807, 2.05) is 6.92 Å². The van der Waals surface area contributed by atoms with Crippen LogP contribution in [-0.2, 0) is 4.79 Å². The number of aryl methyl sites for hydroxylation is 1. The zero-order valence-corrected chi connectivity index (χ0v) is 10.6. The van der Waals surface area contributed by atoms with Gasteiger partial charge in [-0.15, -0.1) is 0 Å². The van der Waals surface area contributed by atoms with E-state index in [4.69, 9.17) is 5.11 Å². The van der Waals surface area contributed by atoms with Crippen LogP contribution in [0.5, 0.6) is 0 Å². The predicted molar refractivity (Wildman–Crippen MR) is 67.4 cm³/mol. The molecule has 0 aliphatic carbocycles. The predicted octanol–water partition coefficient (Wildman–Crippen LogP) is 1.62. The van der Waals surface area contributed by atoms with Crippen molar-refractivity contribution in [3.05, 3.63) is 24.0 Å². The standard InChI is InChI=1S/C12H17N3O3/c1-7(2)10(11(16)17)15-12(18)14-9-6-13-5-4-8(9)3/h4-7,10H,1-3H3,(H,16,17)(H2,14,15,18)/t10-/m0/s1. The van der Waals surface area contributed by atoms with Crippen LogP contribution in [0.25, 0.3) is 0 Å². The Kier molecular flexibility index (Phi) is 4.65. The van der Waals surface area contributed by atoms with Gasteiger partial charge in [-0.1, -0.05) is 13.8 Å². The van der Waals surface area contributed by atoms with E-state index in [0.29, 0.717) is 5.69 Å². The second-order valence-electron chi connectivity index (χ2n) is 4.35. The molecule has 0 aliphatic rings. The molecular formula is C12H17N3O3. The zero-order valence-electron chi connectivity index (χ0n) is 10.6. The number of aromatic nitrogens is 1. The van der Waals surface area contributed by atoms with Crippen LogP contribution in [0.4, 0.5) is 10.5 Å². The van der Waals surface area contributed by atoms with Crippen LogP contribution < -0.4 is 10.6 Å². The fraction of sp³-hybridized carbons (Fsp3) is 0.417. The minimum Gasteiger partial charge on any atom is -0.480 e. The van der Waals surface area contributed by atoms with Gasteiger partial charge in [0.1, 0.15) is 6.04 Å². The van der Waals surface area contributed by atoms with Gasteiger partial charge < -0.3 is 15.7 Å². The van der Waals surface area contributed by atoms with Crippen molar-refractivity contribution in [1.82, 2.24) is 10.3 Å². The number of urea groups is 1. The Hall–Kier alpha value is -2.11. The second-order valence-corrected chi connectivity index (χ2v) is 4.35. The number of nitrogens with one attached hydrogen (secondary N) is 2. The lowest BCUT2D eigenvalue weighted by Gasteiger charge is -2.18. The van der Waals surface area contributed by atoms with Crippen molar-refractivity contribution in [2.24, 2.45) is 5.92 Å². The molecule has 1 rings (SSSR count). The van der Waals surface area contributed by atoms with Crippen LogP contribution in [0.2, 0.25) is 0 Å². The van der Waals surface area contributed by atoms with E-state index in [2.05, 4.69) is 15.6 Å². The van der Waals surface area contributed by atoms with Gasteiger partial charge in [-0.2, -0.15) is 0 Å². The first-order valence-electron chi connectivity index (χ1n) is 5.62. The molecule has 0 radical (unpaired) electrons. The number of carboxylic acid groups (broad SMARTS) is 1.